The molecule has 1 unspecified atom stereocenters. The molecule has 1 rings (SSSR count). The second-order valence-electron chi connectivity index (χ2n) is 4.01. The molecule has 96 valence electrons. The summed E-state index contributed by atoms with van der Waals surface area (Å²) in [5.74, 6) is -0.247. The quantitative estimate of drug-likeness (QED) is 0.123. The first-order valence-electron chi connectivity index (χ1n) is 5.67. The molecule has 1 fully saturated rings. The number of piperidine rings is 1. The van der Waals surface area contributed by atoms with Crippen LogP contribution in [-0.4, -0.2) is 35.4 Å². The number of hydrogen-bond donors (Lipinski definition) is 4. The molecule has 0 aromatic rings. The molecule has 0 radical (unpaired) electrons. The molecule has 1 aliphatic heterocycles. The van der Waals surface area contributed by atoms with Gasteiger partial charge in [0.25, 0.3) is 0 Å². The van der Waals surface area contributed by atoms with Crippen LogP contribution in [0.1, 0.15) is 32.1 Å². The van der Waals surface area contributed by atoms with Gasteiger partial charge in [-0.05, 0) is 25.8 Å². The normalized spacial score (nSPS) is 21.4. The zero-order chi connectivity index (χ0) is 12.7. The number of nitrogens with one attached hydrogen (secondary N) is 2. The van der Waals surface area contributed by atoms with Crippen molar-refractivity contribution in [3.05, 3.63) is 0 Å². The van der Waals surface area contributed by atoms with Gasteiger partial charge in [0.2, 0.25) is 11.8 Å². The lowest BCUT2D eigenvalue weighted by molar-refractivity contribution is -0.134. The summed E-state index contributed by atoms with van der Waals surface area (Å²) in [5, 5.41) is 16.5. The molecule has 0 saturated carbocycles. The first kappa shape index (κ1) is 13.4. The van der Waals surface area contributed by atoms with Crippen LogP contribution in [0.5, 0.6) is 0 Å². The minimum Gasteiger partial charge on any atom is -0.409 e. The van der Waals surface area contributed by atoms with E-state index in [-0.39, 0.29) is 23.7 Å². The molecule has 7 heteroatoms. The van der Waals surface area contributed by atoms with Crippen molar-refractivity contribution in [1.82, 2.24) is 10.6 Å². The smallest absolute Gasteiger partial charge is 0.243 e. The molecular formula is C10H18N4O3. The lowest BCUT2D eigenvalue weighted by Crippen LogP contribution is -2.50. The van der Waals surface area contributed by atoms with E-state index in [1.807, 2.05) is 0 Å². The number of carbonyl (C=O) groups excluding carboxylic acids is 2. The van der Waals surface area contributed by atoms with Gasteiger partial charge in [0.15, 0.2) is 0 Å². The van der Waals surface area contributed by atoms with Gasteiger partial charge < -0.3 is 16.3 Å². The second kappa shape index (κ2) is 6.85. The largest absolute Gasteiger partial charge is 0.409 e. The van der Waals surface area contributed by atoms with Crippen molar-refractivity contribution in [1.29, 1.82) is 0 Å². The van der Waals surface area contributed by atoms with Gasteiger partial charge in [0.1, 0.15) is 5.84 Å². The molecule has 5 N–H and O–H groups in total. The second-order valence-corrected chi connectivity index (χ2v) is 4.01. The van der Waals surface area contributed by atoms with Gasteiger partial charge in [-0.25, -0.2) is 0 Å². The van der Waals surface area contributed by atoms with E-state index in [0.29, 0.717) is 25.8 Å². The predicted octanol–water partition coefficient (Wildman–Crippen LogP) is -0.702. The Labute approximate surface area is 99.4 Å². The number of carbonyl (C=O) groups is 2. The molecule has 1 aliphatic rings. The zero-order valence-corrected chi connectivity index (χ0v) is 9.61. The third kappa shape index (κ3) is 4.81. The van der Waals surface area contributed by atoms with Crippen molar-refractivity contribution in [2.45, 2.75) is 38.1 Å². The van der Waals surface area contributed by atoms with E-state index in [1.165, 1.54) is 0 Å². The highest BCUT2D eigenvalue weighted by Gasteiger charge is 2.25. The van der Waals surface area contributed by atoms with Crippen LogP contribution in [0.4, 0.5) is 0 Å². The van der Waals surface area contributed by atoms with Gasteiger partial charge in [-0.2, -0.15) is 0 Å². The molecule has 1 atom stereocenters. The highest BCUT2D eigenvalue weighted by Crippen LogP contribution is 2.04. The highest BCUT2D eigenvalue weighted by molar-refractivity contribution is 6.00. The van der Waals surface area contributed by atoms with Crippen molar-refractivity contribution in [2.75, 3.05) is 6.54 Å². The van der Waals surface area contributed by atoms with E-state index in [9.17, 15) is 9.59 Å². The molecule has 1 saturated heterocycles. The summed E-state index contributed by atoms with van der Waals surface area (Å²) in [6, 6.07) is -0.281. The first-order chi connectivity index (χ1) is 8.13. The molecule has 17 heavy (non-hydrogen) atoms. The van der Waals surface area contributed by atoms with Crippen molar-refractivity contribution in [3.8, 4) is 0 Å². The number of nitrogens with zero attached hydrogens (tertiary/aromatic N) is 1. The topological polar surface area (TPSA) is 117 Å². The summed E-state index contributed by atoms with van der Waals surface area (Å²) < 4.78 is 0. The fraction of sp³-hybridized carbons (Fsp3) is 0.700. The van der Waals surface area contributed by atoms with E-state index in [0.717, 1.165) is 12.8 Å². The van der Waals surface area contributed by atoms with E-state index in [4.69, 9.17) is 10.9 Å². The van der Waals surface area contributed by atoms with Crippen LogP contribution in [0.3, 0.4) is 0 Å². The number of amides is 2. The number of rotatable bonds is 6. The number of hydrogen-bond acceptors (Lipinski definition) is 5. The van der Waals surface area contributed by atoms with Gasteiger partial charge in [-0.3, -0.25) is 14.9 Å². The monoisotopic (exact) mass is 242 g/mol. The molecule has 0 aromatic carbocycles. The van der Waals surface area contributed by atoms with E-state index in [2.05, 4.69) is 15.8 Å². The predicted molar refractivity (Wildman–Crippen MR) is 61.4 cm³/mol. The maximum atomic E-state index is 11.4. The maximum Gasteiger partial charge on any atom is 0.243 e. The van der Waals surface area contributed by atoms with Gasteiger partial charge in [0, 0.05) is 12.8 Å². The third-order valence-corrected chi connectivity index (χ3v) is 2.62. The van der Waals surface area contributed by atoms with Crippen LogP contribution >= 0.6 is 0 Å². The molecular weight excluding hydrogens is 224 g/mol. The Morgan fingerprint density at radius 2 is 2.29 bits per heavy atom. The molecule has 0 spiro atoms. The zero-order valence-electron chi connectivity index (χ0n) is 9.61. The number of nitrogens with two attached hydrogens (primary N) is 1. The Morgan fingerprint density at radius 1 is 1.53 bits per heavy atom. The fourth-order valence-electron chi connectivity index (χ4n) is 1.65. The minimum atomic E-state index is -0.281. The maximum absolute atomic E-state index is 11.4. The molecule has 7 nitrogen and oxygen atoms in total. The van der Waals surface area contributed by atoms with Crippen molar-refractivity contribution < 1.29 is 14.8 Å². The molecule has 0 bridgehead atoms. The Morgan fingerprint density at radius 3 is 2.94 bits per heavy atom. The van der Waals surface area contributed by atoms with Gasteiger partial charge in [-0.15, -0.1) is 0 Å². The van der Waals surface area contributed by atoms with E-state index < -0.39 is 0 Å². The minimum absolute atomic E-state index is 0.208. The lowest BCUT2D eigenvalue weighted by Gasteiger charge is -2.21. The van der Waals surface area contributed by atoms with Gasteiger partial charge >= 0.3 is 0 Å². The van der Waals surface area contributed by atoms with E-state index in [1.54, 1.807) is 0 Å². The van der Waals surface area contributed by atoms with Crippen LogP contribution in [0.2, 0.25) is 0 Å². The standard InChI is InChI=1S/C10H18N4O3/c11-8(14-17)3-1-2-6-12-7-4-5-9(15)13-10(7)16/h7,12,17H,1-6H2,(H2,11,14)(H,13,15,16). The number of imide groups is 1. The summed E-state index contributed by atoms with van der Waals surface area (Å²) in [6.45, 7) is 0.672. The van der Waals surface area contributed by atoms with Crippen LogP contribution in [0.15, 0.2) is 5.16 Å². The summed E-state index contributed by atoms with van der Waals surface area (Å²) in [6.07, 6.45) is 3.08. The SMILES string of the molecule is NC(CCCCNC1CCC(=O)NC1=O)=NO. The average molecular weight is 242 g/mol. The van der Waals surface area contributed by atoms with Crippen LogP contribution < -0.4 is 16.4 Å². The molecule has 1 heterocycles. The number of oxime groups is 1. The summed E-state index contributed by atoms with van der Waals surface area (Å²) in [7, 11) is 0. The Balaban J connectivity index is 2.10. The first-order valence-corrected chi connectivity index (χ1v) is 5.67. The highest BCUT2D eigenvalue weighted by atomic mass is 16.4. The van der Waals surface area contributed by atoms with E-state index >= 15 is 0 Å². The lowest BCUT2D eigenvalue weighted by atomic mass is 10.1. The van der Waals surface area contributed by atoms with Crippen LogP contribution in [-0.2, 0) is 9.59 Å². The summed E-state index contributed by atoms with van der Waals surface area (Å²) in [5.41, 5.74) is 5.31. The molecule has 0 aliphatic carbocycles. The summed E-state index contributed by atoms with van der Waals surface area (Å²) in [4.78, 5) is 22.2. The molecule has 2 amide bonds. The third-order valence-electron chi connectivity index (χ3n) is 2.62. The number of amidine groups is 1. The number of unbranched alkanes of at least 4 members (excludes halogenated alkanes) is 1. The Bertz CT molecular complexity index is 317. The Hall–Kier alpha value is -1.63. The average Bonchev–Trinajstić information content (AvgIpc) is 2.30. The molecule has 0 aromatic heterocycles. The van der Waals surface area contributed by atoms with Crippen molar-refractivity contribution in [2.24, 2.45) is 10.9 Å². The van der Waals surface area contributed by atoms with Gasteiger partial charge in [-0.1, -0.05) is 5.16 Å². The van der Waals surface area contributed by atoms with Crippen LogP contribution in [0, 0.1) is 0 Å². The summed E-state index contributed by atoms with van der Waals surface area (Å²) >= 11 is 0. The fourth-order valence-corrected chi connectivity index (χ4v) is 1.65. The van der Waals surface area contributed by atoms with Crippen LogP contribution in [0.25, 0.3) is 0 Å². The Kier molecular flexibility index (Phi) is 5.41. The van der Waals surface area contributed by atoms with Crippen molar-refractivity contribution >= 4 is 17.6 Å². The van der Waals surface area contributed by atoms with Gasteiger partial charge in [0.05, 0.1) is 6.04 Å². The van der Waals surface area contributed by atoms with Crippen molar-refractivity contribution in [3.63, 3.8) is 0 Å².